The molecule has 0 radical (unpaired) electrons. The van der Waals surface area contributed by atoms with Crippen LogP contribution in [0.5, 0.6) is 17.2 Å². The van der Waals surface area contributed by atoms with Crippen LogP contribution < -0.4 is 10.2 Å². The Hall–Kier alpha value is -3.35. The first-order chi connectivity index (χ1) is 20.0. The summed E-state index contributed by atoms with van der Waals surface area (Å²) in [5, 5.41) is 101. The fourth-order valence-corrected chi connectivity index (χ4v) is 5.06. The largest absolute Gasteiger partial charge is 0.507 e. The maximum atomic E-state index is 13.1. The smallest absolute Gasteiger partial charge is 0.229 e. The summed E-state index contributed by atoms with van der Waals surface area (Å²) in [7, 11) is 0. The van der Waals surface area contributed by atoms with Crippen LogP contribution in [0.4, 0.5) is 0 Å². The van der Waals surface area contributed by atoms with Crippen molar-refractivity contribution in [1.29, 1.82) is 0 Å². The minimum atomic E-state index is -1.83. The number of aliphatic hydroxyl groups excluding tert-OH is 8. The van der Waals surface area contributed by atoms with Gasteiger partial charge in [-0.1, -0.05) is 0 Å². The number of hydrogen-bond donors (Lipinski definition) is 10. The number of phenols is 2. The quantitative estimate of drug-likeness (QED) is 0.142. The number of rotatable bonds is 6. The molecule has 0 aliphatic carbocycles. The second-order valence-electron chi connectivity index (χ2n) is 10.1. The third kappa shape index (κ3) is 5.20. The topological polar surface area (TPSA) is 260 Å². The van der Waals surface area contributed by atoms with Crippen molar-refractivity contribution >= 4 is 11.0 Å². The highest BCUT2D eigenvalue weighted by Gasteiger charge is 2.46. The molecule has 2 aromatic carbocycles. The number of fused-ring (bicyclic) bond motifs is 1. The van der Waals surface area contributed by atoms with Crippen LogP contribution in [-0.4, -0.2) is 119 Å². The summed E-state index contributed by atoms with van der Waals surface area (Å²) in [6.45, 7) is -1.37. The van der Waals surface area contributed by atoms with Gasteiger partial charge in [-0.05, 0) is 24.3 Å². The van der Waals surface area contributed by atoms with Gasteiger partial charge < -0.3 is 69.7 Å². The van der Waals surface area contributed by atoms with Gasteiger partial charge in [-0.3, -0.25) is 4.79 Å². The lowest BCUT2D eigenvalue weighted by atomic mass is 9.89. The first-order valence-corrected chi connectivity index (χ1v) is 12.9. The van der Waals surface area contributed by atoms with Gasteiger partial charge in [0.25, 0.3) is 0 Å². The van der Waals surface area contributed by atoms with Gasteiger partial charge >= 0.3 is 0 Å². The molecule has 0 saturated carbocycles. The number of phenolic OH excluding ortho intramolecular Hbond substituents is 2. The number of ether oxygens (including phenoxy) is 3. The molecule has 0 bridgehead atoms. The number of aliphatic hydroxyl groups is 8. The van der Waals surface area contributed by atoms with Crippen LogP contribution in [0, 0.1) is 0 Å². The molecule has 0 spiro atoms. The Bertz CT molecular complexity index is 1470. The Labute approximate surface area is 236 Å². The van der Waals surface area contributed by atoms with E-state index >= 15 is 0 Å². The Morgan fingerprint density at radius 1 is 0.738 bits per heavy atom. The van der Waals surface area contributed by atoms with E-state index in [4.69, 9.17) is 18.6 Å². The van der Waals surface area contributed by atoms with E-state index in [1.165, 1.54) is 24.3 Å². The van der Waals surface area contributed by atoms with Crippen LogP contribution in [0.15, 0.2) is 45.6 Å². The van der Waals surface area contributed by atoms with Crippen LogP contribution in [-0.2, 0) is 9.47 Å². The monoisotopic (exact) mass is 594 g/mol. The van der Waals surface area contributed by atoms with Crippen molar-refractivity contribution < 1.29 is 69.7 Å². The summed E-state index contributed by atoms with van der Waals surface area (Å²) in [5.74, 6) is -1.28. The highest BCUT2D eigenvalue weighted by Crippen LogP contribution is 2.44. The van der Waals surface area contributed by atoms with Gasteiger partial charge in [-0.2, -0.15) is 0 Å². The second-order valence-corrected chi connectivity index (χ2v) is 10.1. The number of hydrogen-bond acceptors (Lipinski definition) is 15. The third-order valence-electron chi connectivity index (χ3n) is 7.43. The highest BCUT2D eigenvalue weighted by atomic mass is 16.7. The summed E-state index contributed by atoms with van der Waals surface area (Å²) in [6.07, 6.45) is -15.6. The lowest BCUT2D eigenvalue weighted by Crippen LogP contribution is -2.60. The molecule has 0 unspecified atom stereocenters. The van der Waals surface area contributed by atoms with Gasteiger partial charge in [0.1, 0.15) is 88.9 Å². The average Bonchev–Trinajstić information content (AvgIpc) is 2.97. The molecule has 0 amide bonds. The van der Waals surface area contributed by atoms with Gasteiger partial charge in [0.15, 0.2) is 5.43 Å². The Morgan fingerprint density at radius 2 is 1.33 bits per heavy atom. The van der Waals surface area contributed by atoms with Gasteiger partial charge in [-0.15, -0.1) is 0 Å². The molecule has 1 aromatic heterocycles. The van der Waals surface area contributed by atoms with Crippen LogP contribution in [0.2, 0.25) is 0 Å². The minimum absolute atomic E-state index is 0.0197. The standard InChI is InChI=1S/C27H30O15/c28-7-15-19(32)22(35)24(37)26(41-15)18-12(31)6-14-17(21(18)34)11(30)5-13(40-14)9-1-3-10(4-2-9)39-27-25(38)23(36)20(33)16(8-29)42-27/h1-6,15-16,19-20,22-29,31-38H,7-8H2/t15-,16+,19-,20+,22-,23+,24-,25+,26+,27+/m1/s1. The molecule has 15 heteroatoms. The first kappa shape index (κ1) is 30.1. The molecule has 5 rings (SSSR count). The van der Waals surface area contributed by atoms with Gasteiger partial charge in [0.05, 0.1) is 18.8 Å². The van der Waals surface area contributed by atoms with E-state index in [0.29, 0.717) is 5.56 Å². The van der Waals surface area contributed by atoms with E-state index < -0.39 is 96.9 Å². The van der Waals surface area contributed by atoms with Crippen LogP contribution >= 0.6 is 0 Å². The summed E-state index contributed by atoms with van der Waals surface area (Å²) < 4.78 is 22.0. The predicted octanol–water partition coefficient (Wildman–Crippen LogP) is -2.44. The van der Waals surface area contributed by atoms with E-state index in [9.17, 15) is 55.9 Å². The fraction of sp³-hybridized carbons (Fsp3) is 0.444. The molecule has 42 heavy (non-hydrogen) atoms. The average molecular weight is 595 g/mol. The molecule has 2 aliphatic rings. The van der Waals surface area contributed by atoms with E-state index in [0.717, 1.165) is 12.1 Å². The van der Waals surface area contributed by atoms with Crippen molar-refractivity contribution in [3.63, 3.8) is 0 Å². The maximum Gasteiger partial charge on any atom is 0.229 e. The van der Waals surface area contributed by atoms with Crippen LogP contribution in [0.3, 0.4) is 0 Å². The lowest BCUT2D eigenvalue weighted by Gasteiger charge is -2.40. The maximum absolute atomic E-state index is 13.1. The lowest BCUT2D eigenvalue weighted by molar-refractivity contribution is -0.277. The molecular weight excluding hydrogens is 564 g/mol. The van der Waals surface area contributed by atoms with Crippen molar-refractivity contribution in [2.75, 3.05) is 13.2 Å². The summed E-state index contributed by atoms with van der Waals surface area (Å²) >= 11 is 0. The summed E-state index contributed by atoms with van der Waals surface area (Å²) in [4.78, 5) is 13.1. The zero-order valence-electron chi connectivity index (χ0n) is 21.7. The molecule has 2 fully saturated rings. The zero-order valence-corrected chi connectivity index (χ0v) is 21.7. The van der Waals surface area contributed by atoms with Crippen molar-refractivity contribution in [3.05, 3.63) is 52.2 Å². The SMILES string of the molecule is O=c1cc(-c2ccc(O[C@H]3O[C@@H](CO)[C@H](O)[C@H](O)[C@@H]3O)cc2)oc2cc(O)c([C@@H]3O[C@H](CO)[C@@H](O)[C@@H](O)[C@H]3O)c(O)c12. The number of benzene rings is 2. The molecule has 10 N–H and O–H groups in total. The van der Waals surface area contributed by atoms with Crippen LogP contribution in [0.1, 0.15) is 11.7 Å². The van der Waals surface area contributed by atoms with Gasteiger partial charge in [-0.25, -0.2) is 0 Å². The molecule has 15 nitrogen and oxygen atoms in total. The van der Waals surface area contributed by atoms with Gasteiger partial charge in [0, 0.05) is 17.7 Å². The van der Waals surface area contributed by atoms with Crippen molar-refractivity contribution in [3.8, 4) is 28.6 Å². The van der Waals surface area contributed by atoms with Crippen molar-refractivity contribution in [1.82, 2.24) is 0 Å². The van der Waals surface area contributed by atoms with E-state index in [2.05, 4.69) is 0 Å². The van der Waals surface area contributed by atoms with E-state index in [-0.39, 0.29) is 22.5 Å². The normalized spacial score (nSPS) is 33.5. The predicted molar refractivity (Wildman–Crippen MR) is 138 cm³/mol. The molecular formula is C27H30O15. The third-order valence-corrected chi connectivity index (χ3v) is 7.43. The Kier molecular flexibility index (Phi) is 8.41. The Balaban J connectivity index is 1.43. The molecule has 2 saturated heterocycles. The molecule has 3 heterocycles. The second kappa shape index (κ2) is 11.7. The zero-order chi connectivity index (χ0) is 30.5. The van der Waals surface area contributed by atoms with E-state index in [1.54, 1.807) is 0 Å². The Morgan fingerprint density at radius 3 is 1.95 bits per heavy atom. The van der Waals surface area contributed by atoms with Gasteiger partial charge in [0.2, 0.25) is 6.29 Å². The summed E-state index contributed by atoms with van der Waals surface area (Å²) in [6, 6.07) is 7.88. The molecule has 2 aliphatic heterocycles. The van der Waals surface area contributed by atoms with Crippen molar-refractivity contribution in [2.24, 2.45) is 0 Å². The number of aromatic hydroxyl groups is 2. The fourth-order valence-electron chi connectivity index (χ4n) is 5.06. The van der Waals surface area contributed by atoms with E-state index in [1.807, 2.05) is 0 Å². The first-order valence-electron chi connectivity index (χ1n) is 12.9. The molecule has 228 valence electrons. The van der Waals surface area contributed by atoms with Crippen molar-refractivity contribution in [2.45, 2.75) is 61.2 Å². The molecule has 3 aromatic rings. The summed E-state index contributed by atoms with van der Waals surface area (Å²) in [5.41, 5.74) is -1.07. The highest BCUT2D eigenvalue weighted by molar-refractivity contribution is 5.88. The van der Waals surface area contributed by atoms with Crippen LogP contribution in [0.25, 0.3) is 22.3 Å². The minimum Gasteiger partial charge on any atom is -0.507 e. The molecule has 10 atom stereocenters.